The quantitative estimate of drug-likeness (QED) is 0.652. The van der Waals surface area contributed by atoms with Crippen LogP contribution >= 0.6 is 0 Å². The van der Waals surface area contributed by atoms with Crippen LogP contribution in [0.15, 0.2) is 12.1 Å². The normalized spacial score (nSPS) is 17.4. The number of halogens is 2. The minimum absolute atomic E-state index is 0.202. The summed E-state index contributed by atoms with van der Waals surface area (Å²) in [5, 5.41) is 9.40. The average molecular weight is 350 g/mol. The number of nitrogens with zero attached hydrogens (tertiary/aromatic N) is 2. The Morgan fingerprint density at radius 3 is 2.48 bits per heavy atom. The molecule has 0 aromatic heterocycles. The highest BCUT2D eigenvalue weighted by atomic mass is 19.2. The van der Waals surface area contributed by atoms with Crippen LogP contribution in [-0.2, 0) is 11.2 Å². The molecule has 2 unspecified atom stereocenters. The van der Waals surface area contributed by atoms with E-state index in [9.17, 15) is 14.0 Å². The Hall–Kier alpha value is -1.51. The van der Waals surface area contributed by atoms with Gasteiger partial charge in [-0.15, -0.1) is 0 Å². The van der Waals surface area contributed by atoms with Crippen LogP contribution in [0, 0.1) is 28.9 Å². The van der Waals surface area contributed by atoms with E-state index in [0.29, 0.717) is 31.6 Å². The van der Waals surface area contributed by atoms with Crippen molar-refractivity contribution in [3.05, 3.63) is 34.9 Å². The topological polar surface area (TPSA) is 36.3 Å². The maximum Gasteiger partial charge on any atom is 0.159 e. The average Bonchev–Trinajstić information content (AvgIpc) is 3.11. The third kappa shape index (κ3) is 5.49. The van der Waals surface area contributed by atoms with Crippen LogP contribution in [0.5, 0.6) is 0 Å². The number of likely N-dealkylation sites (tertiary alicyclic amines) is 1. The number of ether oxygens (including phenoxy) is 1. The number of hydrogen-bond acceptors (Lipinski definition) is 3. The standard InChI is InChI=1S/C20H28F2N2O/c1-3-7-16-10-18(21)19(22)11-17(16)20(4-2)25-14-15(12-23)13-24-8-5-6-9-24/h10-11,15,20H,3-9,13-14H2,1-2H3. The van der Waals surface area contributed by atoms with Gasteiger partial charge in [0, 0.05) is 6.54 Å². The smallest absolute Gasteiger partial charge is 0.159 e. The van der Waals surface area contributed by atoms with Crippen LogP contribution in [0.1, 0.15) is 56.8 Å². The van der Waals surface area contributed by atoms with Crippen molar-refractivity contribution >= 4 is 0 Å². The molecule has 0 aliphatic carbocycles. The minimum Gasteiger partial charge on any atom is -0.372 e. The minimum atomic E-state index is -0.842. The van der Waals surface area contributed by atoms with Gasteiger partial charge in [-0.05, 0) is 62.0 Å². The summed E-state index contributed by atoms with van der Waals surface area (Å²) >= 11 is 0. The fourth-order valence-electron chi connectivity index (χ4n) is 3.46. The molecule has 1 saturated heterocycles. The molecule has 1 aromatic carbocycles. The van der Waals surface area contributed by atoms with Crippen molar-refractivity contribution in [2.45, 2.75) is 52.1 Å². The highest BCUT2D eigenvalue weighted by molar-refractivity contribution is 5.31. The zero-order valence-electron chi connectivity index (χ0n) is 15.2. The molecular weight excluding hydrogens is 322 g/mol. The van der Waals surface area contributed by atoms with Crippen molar-refractivity contribution in [2.24, 2.45) is 5.92 Å². The first-order chi connectivity index (χ1) is 12.1. The summed E-state index contributed by atoms with van der Waals surface area (Å²) in [5.41, 5.74) is 1.50. The lowest BCUT2D eigenvalue weighted by Gasteiger charge is -2.23. The predicted octanol–water partition coefficient (Wildman–Crippen LogP) is 4.62. The summed E-state index contributed by atoms with van der Waals surface area (Å²) in [6.07, 6.45) is 4.25. The van der Waals surface area contributed by atoms with Crippen molar-refractivity contribution in [2.75, 3.05) is 26.2 Å². The molecule has 138 valence electrons. The summed E-state index contributed by atoms with van der Waals surface area (Å²) in [5.74, 6) is -1.86. The highest BCUT2D eigenvalue weighted by Gasteiger charge is 2.21. The van der Waals surface area contributed by atoms with E-state index in [2.05, 4.69) is 11.0 Å². The molecule has 1 aromatic rings. The van der Waals surface area contributed by atoms with Crippen LogP contribution in [0.25, 0.3) is 0 Å². The molecule has 1 aliphatic rings. The summed E-state index contributed by atoms with van der Waals surface area (Å²) in [6.45, 7) is 7.08. The monoisotopic (exact) mass is 350 g/mol. The summed E-state index contributed by atoms with van der Waals surface area (Å²) in [6, 6.07) is 4.86. The molecule has 0 amide bonds. The number of rotatable bonds is 9. The Bertz CT molecular complexity index is 594. The molecule has 3 nitrogen and oxygen atoms in total. The molecule has 0 spiro atoms. The highest BCUT2D eigenvalue weighted by Crippen LogP contribution is 2.28. The van der Waals surface area contributed by atoms with Crippen LogP contribution < -0.4 is 0 Å². The van der Waals surface area contributed by atoms with Crippen LogP contribution in [0.2, 0.25) is 0 Å². The summed E-state index contributed by atoms with van der Waals surface area (Å²) in [4.78, 5) is 2.29. The van der Waals surface area contributed by atoms with Gasteiger partial charge in [-0.2, -0.15) is 5.26 Å². The third-order valence-corrected chi connectivity index (χ3v) is 4.78. The SMILES string of the molecule is CCCc1cc(F)c(F)cc1C(CC)OCC(C#N)CN1CCCC1. The van der Waals surface area contributed by atoms with Gasteiger partial charge in [0.15, 0.2) is 11.6 Å². The number of hydrogen-bond donors (Lipinski definition) is 0. The Morgan fingerprint density at radius 1 is 1.20 bits per heavy atom. The number of benzene rings is 1. The Labute approximate surface area is 149 Å². The van der Waals surface area contributed by atoms with Crippen molar-refractivity contribution in [1.29, 1.82) is 5.26 Å². The van der Waals surface area contributed by atoms with Gasteiger partial charge < -0.3 is 9.64 Å². The zero-order chi connectivity index (χ0) is 18.2. The first-order valence-corrected chi connectivity index (χ1v) is 9.30. The Kier molecular flexibility index (Phi) is 7.80. The second-order valence-electron chi connectivity index (χ2n) is 6.78. The maximum absolute atomic E-state index is 13.7. The lowest BCUT2D eigenvalue weighted by atomic mass is 9.96. The fraction of sp³-hybridized carbons (Fsp3) is 0.650. The van der Waals surface area contributed by atoms with E-state index in [-0.39, 0.29) is 12.0 Å². The molecule has 0 bridgehead atoms. The zero-order valence-corrected chi connectivity index (χ0v) is 15.2. The lowest BCUT2D eigenvalue weighted by molar-refractivity contribution is 0.0294. The Morgan fingerprint density at radius 2 is 1.88 bits per heavy atom. The van der Waals surface area contributed by atoms with Gasteiger partial charge in [0.2, 0.25) is 0 Å². The second kappa shape index (κ2) is 9.84. The van der Waals surface area contributed by atoms with Crippen molar-refractivity contribution in [3.8, 4) is 6.07 Å². The number of nitriles is 1. The molecule has 0 saturated carbocycles. The van der Waals surface area contributed by atoms with Gasteiger partial charge in [0.25, 0.3) is 0 Å². The lowest BCUT2D eigenvalue weighted by Crippen LogP contribution is -2.29. The molecule has 5 heteroatoms. The van der Waals surface area contributed by atoms with E-state index in [4.69, 9.17) is 4.74 Å². The van der Waals surface area contributed by atoms with Gasteiger partial charge in [-0.3, -0.25) is 0 Å². The maximum atomic E-state index is 13.7. The van der Waals surface area contributed by atoms with E-state index < -0.39 is 11.6 Å². The van der Waals surface area contributed by atoms with Crippen LogP contribution in [0.3, 0.4) is 0 Å². The summed E-state index contributed by atoms with van der Waals surface area (Å²) < 4.78 is 33.3. The van der Waals surface area contributed by atoms with E-state index >= 15 is 0 Å². The van der Waals surface area contributed by atoms with Gasteiger partial charge in [-0.1, -0.05) is 20.3 Å². The molecular formula is C20H28F2N2O. The van der Waals surface area contributed by atoms with Crippen LogP contribution in [-0.4, -0.2) is 31.1 Å². The molecule has 0 N–H and O–H groups in total. The molecule has 25 heavy (non-hydrogen) atoms. The molecule has 1 fully saturated rings. The van der Waals surface area contributed by atoms with Crippen molar-refractivity contribution < 1.29 is 13.5 Å². The number of aryl methyl sites for hydroxylation is 1. The first kappa shape index (κ1) is 19.8. The van der Waals surface area contributed by atoms with Gasteiger partial charge in [0.05, 0.1) is 24.7 Å². The van der Waals surface area contributed by atoms with E-state index in [0.717, 1.165) is 25.1 Å². The molecule has 2 rings (SSSR count). The van der Waals surface area contributed by atoms with Crippen LogP contribution in [0.4, 0.5) is 8.78 Å². The van der Waals surface area contributed by atoms with E-state index in [1.807, 2.05) is 13.8 Å². The van der Waals surface area contributed by atoms with Crippen molar-refractivity contribution in [3.63, 3.8) is 0 Å². The second-order valence-corrected chi connectivity index (χ2v) is 6.78. The van der Waals surface area contributed by atoms with Crippen molar-refractivity contribution in [1.82, 2.24) is 4.90 Å². The molecule has 2 atom stereocenters. The molecule has 0 radical (unpaired) electrons. The largest absolute Gasteiger partial charge is 0.372 e. The van der Waals surface area contributed by atoms with E-state index in [1.54, 1.807) is 0 Å². The first-order valence-electron chi connectivity index (χ1n) is 9.30. The Balaban J connectivity index is 2.05. The van der Waals surface area contributed by atoms with E-state index in [1.165, 1.54) is 25.0 Å². The molecule has 1 aliphatic heterocycles. The van der Waals surface area contributed by atoms with Gasteiger partial charge in [0.1, 0.15) is 0 Å². The fourth-order valence-corrected chi connectivity index (χ4v) is 3.46. The van der Waals surface area contributed by atoms with Gasteiger partial charge in [-0.25, -0.2) is 8.78 Å². The summed E-state index contributed by atoms with van der Waals surface area (Å²) in [7, 11) is 0. The molecule has 1 heterocycles. The predicted molar refractivity (Wildman–Crippen MR) is 94.1 cm³/mol. The third-order valence-electron chi connectivity index (χ3n) is 4.78. The van der Waals surface area contributed by atoms with Gasteiger partial charge >= 0.3 is 0 Å².